The van der Waals surface area contributed by atoms with E-state index >= 15 is 0 Å². The average Bonchev–Trinajstić information content (AvgIpc) is 3.07. The predicted octanol–water partition coefficient (Wildman–Crippen LogP) is 2.81. The Labute approximate surface area is 156 Å². The van der Waals surface area contributed by atoms with Crippen LogP contribution in [0.3, 0.4) is 0 Å². The van der Waals surface area contributed by atoms with E-state index in [2.05, 4.69) is 31.4 Å². The van der Waals surface area contributed by atoms with Crippen molar-refractivity contribution in [3.05, 3.63) is 18.2 Å². The summed E-state index contributed by atoms with van der Waals surface area (Å²) in [7, 11) is -1.94. The van der Waals surface area contributed by atoms with E-state index < -0.39 is 10.0 Å². The number of hydrogen-bond acceptors (Lipinski definition) is 4. The van der Waals surface area contributed by atoms with E-state index in [0.717, 1.165) is 12.8 Å². The average molecular weight is 386 g/mol. The first kappa shape index (κ1) is 19.9. The van der Waals surface area contributed by atoms with Crippen LogP contribution in [0.5, 0.6) is 5.75 Å². The van der Waals surface area contributed by atoms with Gasteiger partial charge in [0, 0.05) is 19.6 Å². The van der Waals surface area contributed by atoms with E-state index in [4.69, 9.17) is 17.0 Å². The van der Waals surface area contributed by atoms with Gasteiger partial charge in [-0.1, -0.05) is 20.8 Å². The van der Waals surface area contributed by atoms with E-state index in [0.29, 0.717) is 36.2 Å². The summed E-state index contributed by atoms with van der Waals surface area (Å²) in [6.45, 7) is 8.16. The van der Waals surface area contributed by atoms with Gasteiger partial charge in [-0.05, 0) is 48.7 Å². The van der Waals surface area contributed by atoms with Crippen molar-refractivity contribution in [2.45, 2.75) is 38.5 Å². The van der Waals surface area contributed by atoms with Crippen molar-refractivity contribution < 1.29 is 13.2 Å². The minimum atomic E-state index is -3.48. The van der Waals surface area contributed by atoms with Crippen molar-refractivity contribution >= 4 is 33.0 Å². The summed E-state index contributed by atoms with van der Waals surface area (Å²) in [5.74, 6) is 0.542. The molecule has 0 atom stereocenters. The van der Waals surface area contributed by atoms with Gasteiger partial charge < -0.3 is 15.4 Å². The molecule has 0 aromatic heterocycles. The first-order valence-electron chi connectivity index (χ1n) is 8.36. The van der Waals surface area contributed by atoms with Gasteiger partial charge in [0.2, 0.25) is 10.0 Å². The fraction of sp³-hybridized carbons (Fsp3) is 0.588. The highest BCUT2D eigenvalue weighted by Crippen LogP contribution is 2.30. The summed E-state index contributed by atoms with van der Waals surface area (Å²) in [5, 5.41) is 6.62. The van der Waals surface area contributed by atoms with E-state index in [-0.39, 0.29) is 10.3 Å². The van der Waals surface area contributed by atoms with Crippen LogP contribution in [0.4, 0.5) is 5.69 Å². The summed E-state index contributed by atoms with van der Waals surface area (Å²) >= 11 is 5.32. The second kappa shape index (κ2) is 7.88. The molecule has 25 heavy (non-hydrogen) atoms. The van der Waals surface area contributed by atoms with E-state index in [9.17, 15) is 8.42 Å². The van der Waals surface area contributed by atoms with Gasteiger partial charge in [0.25, 0.3) is 0 Å². The van der Waals surface area contributed by atoms with E-state index in [1.807, 2.05) is 0 Å². The number of nitrogens with one attached hydrogen (secondary N) is 2. The van der Waals surface area contributed by atoms with Crippen LogP contribution >= 0.6 is 12.2 Å². The first-order chi connectivity index (χ1) is 11.6. The number of hydrogen-bond donors (Lipinski definition) is 2. The molecule has 0 aliphatic carbocycles. The molecule has 6 nitrogen and oxygen atoms in total. The molecule has 0 spiro atoms. The number of nitrogens with zero attached hydrogens (tertiary/aromatic N) is 1. The third kappa shape index (κ3) is 5.29. The monoisotopic (exact) mass is 385 g/mol. The molecule has 1 aromatic rings. The maximum atomic E-state index is 12.7. The van der Waals surface area contributed by atoms with Crippen LogP contribution in [0.2, 0.25) is 0 Å². The maximum absolute atomic E-state index is 12.7. The summed E-state index contributed by atoms with van der Waals surface area (Å²) in [6, 6.07) is 4.80. The molecule has 0 radical (unpaired) electrons. The van der Waals surface area contributed by atoms with Gasteiger partial charge in [-0.2, -0.15) is 4.31 Å². The van der Waals surface area contributed by atoms with E-state index in [1.165, 1.54) is 4.31 Å². The normalized spacial score (nSPS) is 15.8. The molecular formula is C17H27N3O3S2. The van der Waals surface area contributed by atoms with Crippen LogP contribution < -0.4 is 15.4 Å². The second-order valence-electron chi connectivity index (χ2n) is 7.34. The molecule has 0 saturated carbocycles. The topological polar surface area (TPSA) is 70.7 Å². The summed E-state index contributed by atoms with van der Waals surface area (Å²) < 4.78 is 32.3. The van der Waals surface area contributed by atoms with Gasteiger partial charge in [0.15, 0.2) is 5.11 Å². The fourth-order valence-corrected chi connectivity index (χ4v) is 4.26. The van der Waals surface area contributed by atoms with Crippen LogP contribution in [0.15, 0.2) is 23.1 Å². The highest BCUT2D eigenvalue weighted by atomic mass is 32.2. The fourth-order valence-electron chi connectivity index (χ4n) is 2.53. The Kier molecular flexibility index (Phi) is 6.29. The van der Waals surface area contributed by atoms with Crippen LogP contribution in [-0.2, 0) is 10.0 Å². The van der Waals surface area contributed by atoms with E-state index in [1.54, 1.807) is 25.3 Å². The molecule has 8 heteroatoms. The third-order valence-electron chi connectivity index (χ3n) is 3.90. The standard InChI is InChI=1S/C17H27N3O3S2/c1-17(2,3)12-18-16(24)19-14-11-13(7-8-15(14)23-4)25(21,22)20-9-5-6-10-20/h7-8,11H,5-6,9-10,12H2,1-4H3,(H2,18,19,24). The number of ether oxygens (including phenoxy) is 1. The maximum Gasteiger partial charge on any atom is 0.243 e. The van der Waals surface area contributed by atoms with Crippen LogP contribution in [0, 0.1) is 5.41 Å². The molecule has 1 aliphatic heterocycles. The van der Waals surface area contributed by atoms with Crippen molar-refractivity contribution in [2.75, 3.05) is 32.1 Å². The quantitative estimate of drug-likeness (QED) is 0.760. The summed E-state index contributed by atoms with van der Waals surface area (Å²) in [6.07, 6.45) is 1.81. The first-order valence-corrected chi connectivity index (χ1v) is 10.2. The molecule has 1 saturated heterocycles. The number of thiocarbonyl (C=S) groups is 1. The Morgan fingerprint density at radius 2 is 1.92 bits per heavy atom. The molecular weight excluding hydrogens is 358 g/mol. The van der Waals surface area contributed by atoms with Gasteiger partial charge in [0.05, 0.1) is 17.7 Å². The predicted molar refractivity (Wildman–Crippen MR) is 105 cm³/mol. The molecule has 0 unspecified atom stereocenters. The Balaban J connectivity index is 2.21. The smallest absolute Gasteiger partial charge is 0.243 e. The molecule has 1 fully saturated rings. The second-order valence-corrected chi connectivity index (χ2v) is 9.69. The molecule has 2 N–H and O–H groups in total. The molecule has 1 heterocycles. The van der Waals surface area contributed by atoms with Gasteiger partial charge in [-0.25, -0.2) is 8.42 Å². The van der Waals surface area contributed by atoms with Crippen molar-refractivity contribution in [3.63, 3.8) is 0 Å². The van der Waals surface area contributed by atoms with Gasteiger partial charge >= 0.3 is 0 Å². The third-order valence-corrected chi connectivity index (χ3v) is 6.04. The minimum Gasteiger partial charge on any atom is -0.495 e. The molecule has 1 aliphatic rings. The number of methoxy groups -OCH3 is 1. The summed E-state index contributed by atoms with van der Waals surface area (Å²) in [5.41, 5.74) is 0.616. The number of benzene rings is 1. The van der Waals surface area contributed by atoms with Crippen LogP contribution in [0.1, 0.15) is 33.6 Å². The number of sulfonamides is 1. The minimum absolute atomic E-state index is 0.0801. The largest absolute Gasteiger partial charge is 0.495 e. The Bertz CT molecular complexity index is 721. The zero-order valence-corrected chi connectivity index (χ0v) is 16.9. The van der Waals surface area contributed by atoms with Gasteiger partial charge in [0.1, 0.15) is 5.75 Å². The van der Waals surface area contributed by atoms with Crippen molar-refractivity contribution in [2.24, 2.45) is 5.41 Å². The molecule has 0 amide bonds. The zero-order chi connectivity index (χ0) is 18.7. The highest BCUT2D eigenvalue weighted by molar-refractivity contribution is 7.89. The number of rotatable bonds is 5. The van der Waals surface area contributed by atoms with Crippen LogP contribution in [0.25, 0.3) is 0 Å². The van der Waals surface area contributed by atoms with Crippen molar-refractivity contribution in [1.29, 1.82) is 0 Å². The molecule has 140 valence electrons. The van der Waals surface area contributed by atoms with Crippen molar-refractivity contribution in [1.82, 2.24) is 9.62 Å². The lowest BCUT2D eigenvalue weighted by Crippen LogP contribution is -2.35. The number of anilines is 1. The van der Waals surface area contributed by atoms with Gasteiger partial charge in [-0.3, -0.25) is 0 Å². The lowest BCUT2D eigenvalue weighted by molar-refractivity contribution is 0.409. The lowest BCUT2D eigenvalue weighted by Gasteiger charge is -2.21. The molecule has 1 aromatic carbocycles. The van der Waals surface area contributed by atoms with Crippen LogP contribution in [-0.4, -0.2) is 44.6 Å². The highest BCUT2D eigenvalue weighted by Gasteiger charge is 2.28. The summed E-state index contributed by atoms with van der Waals surface area (Å²) in [4.78, 5) is 0.247. The van der Waals surface area contributed by atoms with Crippen molar-refractivity contribution in [3.8, 4) is 5.75 Å². The Morgan fingerprint density at radius 1 is 1.28 bits per heavy atom. The Hall–Kier alpha value is -1.38. The SMILES string of the molecule is COc1ccc(S(=O)(=O)N2CCCC2)cc1NC(=S)NCC(C)(C)C. The molecule has 2 rings (SSSR count). The Morgan fingerprint density at radius 3 is 2.48 bits per heavy atom. The zero-order valence-electron chi connectivity index (χ0n) is 15.3. The lowest BCUT2D eigenvalue weighted by atomic mass is 9.97. The molecule has 0 bridgehead atoms. The van der Waals surface area contributed by atoms with Gasteiger partial charge in [-0.15, -0.1) is 0 Å².